The van der Waals surface area contributed by atoms with Crippen molar-refractivity contribution in [1.82, 2.24) is 14.8 Å². The molecule has 0 bridgehead atoms. The first kappa shape index (κ1) is 24.4. The van der Waals surface area contributed by atoms with Crippen molar-refractivity contribution in [3.8, 4) is 28.6 Å². The van der Waals surface area contributed by atoms with E-state index < -0.39 is 5.91 Å². The van der Waals surface area contributed by atoms with E-state index in [1.54, 1.807) is 44.6 Å². The fourth-order valence-electron chi connectivity index (χ4n) is 3.18. The fraction of sp³-hybridized carbons (Fsp3) is 0.160. The molecule has 0 fully saturated rings. The molecule has 0 radical (unpaired) electrons. The highest BCUT2D eigenvalue weighted by molar-refractivity contribution is 6.35. The molecule has 0 aliphatic heterocycles. The Labute approximate surface area is 212 Å². The zero-order valence-corrected chi connectivity index (χ0v) is 20.5. The molecule has 0 atom stereocenters. The molecule has 1 heterocycles. The minimum atomic E-state index is -0.430. The summed E-state index contributed by atoms with van der Waals surface area (Å²) in [6.07, 6.45) is 0. The number of hydrogen-bond acceptors (Lipinski definition) is 7. The largest absolute Gasteiger partial charge is 0.497 e. The van der Waals surface area contributed by atoms with Crippen LogP contribution in [0.4, 0.5) is 5.95 Å². The number of carbonyl (C=O) groups excluding carboxylic acids is 1. The van der Waals surface area contributed by atoms with Gasteiger partial charge in [-0.3, -0.25) is 4.79 Å². The van der Waals surface area contributed by atoms with Crippen molar-refractivity contribution in [2.45, 2.75) is 6.54 Å². The third-order valence-electron chi connectivity index (χ3n) is 5.05. The van der Waals surface area contributed by atoms with Gasteiger partial charge in [-0.2, -0.15) is 9.67 Å². The SMILES string of the molecule is COc1ccc(CNc2nc(-c3ccc(OC)cc3)nn2C(=O)COc2ccc(Cl)cc2Cl)cc1. The molecule has 4 rings (SSSR count). The lowest BCUT2D eigenvalue weighted by Gasteiger charge is -2.10. The highest BCUT2D eigenvalue weighted by Gasteiger charge is 2.18. The minimum Gasteiger partial charge on any atom is -0.497 e. The van der Waals surface area contributed by atoms with E-state index in [2.05, 4.69) is 15.4 Å². The number of rotatable bonds is 9. The lowest BCUT2D eigenvalue weighted by molar-refractivity contribution is 0.0824. The number of anilines is 1. The van der Waals surface area contributed by atoms with E-state index in [-0.39, 0.29) is 12.6 Å². The molecule has 8 nitrogen and oxygen atoms in total. The van der Waals surface area contributed by atoms with E-state index in [1.165, 1.54) is 4.68 Å². The summed E-state index contributed by atoms with van der Waals surface area (Å²) < 4.78 is 17.2. The average molecular weight is 513 g/mol. The first-order chi connectivity index (χ1) is 17.0. The van der Waals surface area contributed by atoms with E-state index in [0.717, 1.165) is 16.9 Å². The molecule has 3 aromatic carbocycles. The second-order valence-corrected chi connectivity index (χ2v) is 8.20. The van der Waals surface area contributed by atoms with Crippen LogP contribution in [-0.2, 0) is 6.54 Å². The third-order valence-corrected chi connectivity index (χ3v) is 5.58. The predicted molar refractivity (Wildman–Crippen MR) is 135 cm³/mol. The fourth-order valence-corrected chi connectivity index (χ4v) is 3.64. The summed E-state index contributed by atoms with van der Waals surface area (Å²) in [5.41, 5.74) is 1.70. The van der Waals surface area contributed by atoms with Crippen LogP contribution in [0.5, 0.6) is 17.2 Å². The van der Waals surface area contributed by atoms with Gasteiger partial charge >= 0.3 is 0 Å². The van der Waals surface area contributed by atoms with Crippen LogP contribution < -0.4 is 19.5 Å². The Bertz CT molecular complexity index is 1310. The zero-order chi connectivity index (χ0) is 24.8. The van der Waals surface area contributed by atoms with E-state index in [1.807, 2.05) is 36.4 Å². The van der Waals surface area contributed by atoms with Crippen molar-refractivity contribution >= 4 is 35.1 Å². The average Bonchev–Trinajstić information content (AvgIpc) is 3.31. The van der Waals surface area contributed by atoms with Crippen LogP contribution in [0.25, 0.3) is 11.4 Å². The predicted octanol–water partition coefficient (Wildman–Crippen LogP) is 5.60. The summed E-state index contributed by atoms with van der Waals surface area (Å²) in [6, 6.07) is 19.6. The number of methoxy groups -OCH3 is 2. The maximum absolute atomic E-state index is 13.0. The Balaban J connectivity index is 1.56. The summed E-state index contributed by atoms with van der Waals surface area (Å²) in [5, 5.41) is 8.38. The maximum Gasteiger partial charge on any atom is 0.287 e. The molecule has 180 valence electrons. The number of nitrogens with one attached hydrogen (secondary N) is 1. The summed E-state index contributed by atoms with van der Waals surface area (Å²) in [5.74, 6) is 2.03. The molecule has 0 amide bonds. The number of benzene rings is 3. The molecule has 0 saturated heterocycles. The van der Waals surface area contributed by atoms with E-state index in [0.29, 0.717) is 33.9 Å². The van der Waals surface area contributed by atoms with Gasteiger partial charge in [-0.05, 0) is 60.2 Å². The Morgan fingerprint density at radius 3 is 2.23 bits per heavy atom. The Morgan fingerprint density at radius 2 is 1.60 bits per heavy atom. The maximum atomic E-state index is 13.0. The normalized spacial score (nSPS) is 10.6. The standard InChI is InChI=1S/C25H22Cl2N4O4/c1-33-19-8-3-16(4-9-19)14-28-25-29-24(17-5-10-20(34-2)11-6-17)30-31(25)23(32)15-35-22-12-7-18(26)13-21(22)27/h3-13H,14-15H2,1-2H3,(H,28,29,30). The number of aromatic nitrogens is 3. The van der Waals surface area contributed by atoms with Crippen LogP contribution in [0.2, 0.25) is 10.0 Å². The molecule has 10 heteroatoms. The highest BCUT2D eigenvalue weighted by Crippen LogP contribution is 2.28. The van der Waals surface area contributed by atoms with Crippen LogP contribution in [0.15, 0.2) is 66.7 Å². The molecule has 0 aliphatic carbocycles. The molecule has 1 N–H and O–H groups in total. The molecule has 0 spiro atoms. The Hall–Kier alpha value is -3.75. The van der Waals surface area contributed by atoms with E-state index >= 15 is 0 Å². The lowest BCUT2D eigenvalue weighted by Crippen LogP contribution is -2.22. The van der Waals surface area contributed by atoms with E-state index in [4.69, 9.17) is 37.4 Å². The second kappa shape index (κ2) is 11.1. The minimum absolute atomic E-state index is 0.280. The van der Waals surface area contributed by atoms with Crippen molar-refractivity contribution in [1.29, 1.82) is 0 Å². The molecule has 4 aromatic rings. The molecule has 0 saturated carbocycles. The van der Waals surface area contributed by atoms with E-state index in [9.17, 15) is 4.79 Å². The number of ether oxygens (including phenoxy) is 3. The van der Waals surface area contributed by atoms with Gasteiger partial charge < -0.3 is 19.5 Å². The molecule has 35 heavy (non-hydrogen) atoms. The monoisotopic (exact) mass is 512 g/mol. The van der Waals surface area contributed by atoms with Crippen LogP contribution in [0.3, 0.4) is 0 Å². The van der Waals surface area contributed by atoms with Crippen LogP contribution >= 0.6 is 23.2 Å². The van der Waals surface area contributed by atoms with Crippen LogP contribution in [0.1, 0.15) is 10.4 Å². The molecular weight excluding hydrogens is 491 g/mol. The second-order valence-electron chi connectivity index (χ2n) is 7.36. The highest BCUT2D eigenvalue weighted by atomic mass is 35.5. The van der Waals surface area contributed by atoms with Gasteiger partial charge in [0.1, 0.15) is 17.2 Å². The number of hydrogen-bond donors (Lipinski definition) is 1. The van der Waals surface area contributed by atoms with Crippen molar-refractivity contribution in [2.75, 3.05) is 26.1 Å². The van der Waals surface area contributed by atoms with Gasteiger partial charge in [-0.1, -0.05) is 35.3 Å². The van der Waals surface area contributed by atoms with Crippen LogP contribution in [-0.4, -0.2) is 41.5 Å². The van der Waals surface area contributed by atoms with Crippen LogP contribution in [0, 0.1) is 0 Å². The number of nitrogens with zero attached hydrogens (tertiary/aromatic N) is 3. The van der Waals surface area contributed by atoms with Crippen molar-refractivity contribution in [3.63, 3.8) is 0 Å². The van der Waals surface area contributed by atoms with Crippen molar-refractivity contribution in [3.05, 3.63) is 82.3 Å². The van der Waals surface area contributed by atoms with Gasteiger partial charge in [0.2, 0.25) is 5.95 Å². The van der Waals surface area contributed by atoms with Gasteiger partial charge in [-0.25, -0.2) is 0 Å². The van der Waals surface area contributed by atoms with Gasteiger partial charge in [0, 0.05) is 17.1 Å². The molecule has 1 aromatic heterocycles. The number of carbonyl (C=O) groups is 1. The smallest absolute Gasteiger partial charge is 0.287 e. The van der Waals surface area contributed by atoms with Gasteiger partial charge in [0.15, 0.2) is 12.4 Å². The number of halogens is 2. The van der Waals surface area contributed by atoms with Gasteiger partial charge in [-0.15, -0.1) is 5.10 Å². The van der Waals surface area contributed by atoms with Gasteiger partial charge in [0.25, 0.3) is 5.91 Å². The first-order valence-corrected chi connectivity index (χ1v) is 11.3. The Kier molecular flexibility index (Phi) is 7.74. The molecule has 0 aliphatic rings. The van der Waals surface area contributed by atoms with Crippen molar-refractivity contribution < 1.29 is 19.0 Å². The first-order valence-electron chi connectivity index (χ1n) is 10.6. The summed E-state index contributed by atoms with van der Waals surface area (Å²) in [4.78, 5) is 17.6. The van der Waals surface area contributed by atoms with Crippen molar-refractivity contribution in [2.24, 2.45) is 0 Å². The zero-order valence-electron chi connectivity index (χ0n) is 19.0. The summed E-state index contributed by atoms with van der Waals surface area (Å²) in [7, 11) is 3.20. The summed E-state index contributed by atoms with van der Waals surface area (Å²) >= 11 is 12.1. The third kappa shape index (κ3) is 6.03. The topological polar surface area (TPSA) is 87.5 Å². The molecular formula is C25H22Cl2N4O4. The quantitative estimate of drug-likeness (QED) is 0.312. The molecule has 0 unspecified atom stereocenters. The lowest BCUT2D eigenvalue weighted by atomic mass is 10.2. The summed E-state index contributed by atoms with van der Waals surface area (Å²) in [6.45, 7) is 0.117. The van der Waals surface area contributed by atoms with Gasteiger partial charge in [0.05, 0.1) is 19.2 Å². The Morgan fingerprint density at radius 1 is 0.943 bits per heavy atom.